The number of rotatable bonds is 10. The number of nitrogens with zero attached hydrogens (tertiary/aromatic N) is 3. The van der Waals surface area contributed by atoms with Crippen molar-refractivity contribution in [3.63, 3.8) is 0 Å². The van der Waals surface area contributed by atoms with Gasteiger partial charge in [0.1, 0.15) is 4.21 Å². The summed E-state index contributed by atoms with van der Waals surface area (Å²) in [6, 6.07) is 9.25. The number of sulfonamides is 2. The molecule has 1 fully saturated rings. The van der Waals surface area contributed by atoms with Crippen LogP contribution in [0.1, 0.15) is 33.3 Å². The third kappa shape index (κ3) is 7.69. The third-order valence-corrected chi connectivity index (χ3v) is 11.2. The summed E-state index contributed by atoms with van der Waals surface area (Å²) >= 11 is 1.06. The molecule has 1 aliphatic rings. The van der Waals surface area contributed by atoms with Crippen molar-refractivity contribution in [1.29, 1.82) is 0 Å². The van der Waals surface area contributed by atoms with Crippen LogP contribution >= 0.6 is 11.3 Å². The van der Waals surface area contributed by atoms with Crippen LogP contribution in [-0.2, 0) is 25.6 Å². The molecule has 0 saturated carbocycles. The maximum atomic E-state index is 13.2. The van der Waals surface area contributed by atoms with Gasteiger partial charge in [-0.1, -0.05) is 32.0 Å². The van der Waals surface area contributed by atoms with Gasteiger partial charge in [-0.2, -0.15) is 21.8 Å². The Kier molecular flexibility index (Phi) is 9.26. The fraction of sp³-hybridized carbons (Fsp3) is 0.583. The van der Waals surface area contributed by atoms with Crippen molar-refractivity contribution >= 4 is 37.1 Å². The molecule has 3 rings (SSSR count). The largest absolute Gasteiger partial charge is 0.404 e. The highest BCUT2D eigenvalue weighted by Crippen LogP contribution is 2.30. The number of aliphatic hydroxyl groups is 1. The molecule has 0 spiro atoms. The fourth-order valence-electron chi connectivity index (χ4n) is 4.38. The Hall–Kier alpha value is -1.71. The summed E-state index contributed by atoms with van der Waals surface area (Å²) in [7, 11) is -8.58. The first-order valence-corrected chi connectivity index (χ1v) is 16.0. The molecule has 1 saturated heterocycles. The van der Waals surface area contributed by atoms with Crippen LogP contribution in [0.5, 0.6) is 0 Å². The zero-order chi connectivity index (χ0) is 28.5. The number of piperazine rings is 1. The van der Waals surface area contributed by atoms with E-state index < -0.39 is 43.6 Å². The van der Waals surface area contributed by atoms with Crippen LogP contribution in [-0.4, -0.2) is 81.2 Å². The monoisotopic (exact) mass is 597 g/mol. The molecule has 38 heavy (non-hydrogen) atoms. The number of anilines is 1. The lowest BCUT2D eigenvalue weighted by Gasteiger charge is -2.44. The molecule has 1 aromatic heterocycles. The molecule has 14 heteroatoms. The van der Waals surface area contributed by atoms with Crippen LogP contribution in [0, 0.1) is 5.92 Å². The van der Waals surface area contributed by atoms with Gasteiger partial charge in [0.05, 0.1) is 11.6 Å². The van der Waals surface area contributed by atoms with E-state index in [-0.39, 0.29) is 42.9 Å². The molecular weight excluding hydrogens is 563 g/mol. The smallest absolute Gasteiger partial charge is 0.386 e. The maximum absolute atomic E-state index is 13.2. The summed E-state index contributed by atoms with van der Waals surface area (Å²) in [5.74, 6) is -2.25. The van der Waals surface area contributed by atoms with Crippen LogP contribution < -0.4 is 4.90 Å². The van der Waals surface area contributed by atoms with Crippen LogP contribution in [0.15, 0.2) is 46.0 Å². The molecule has 8 nitrogen and oxygen atoms in total. The second-order valence-electron chi connectivity index (χ2n) is 10.3. The molecule has 1 aromatic carbocycles. The van der Waals surface area contributed by atoms with E-state index in [1.165, 1.54) is 10.4 Å². The Labute approximate surface area is 226 Å². The Bertz CT molecular complexity index is 1270. The van der Waals surface area contributed by atoms with E-state index in [1.807, 2.05) is 4.90 Å². The van der Waals surface area contributed by atoms with Gasteiger partial charge in [0, 0.05) is 38.4 Å². The van der Waals surface area contributed by atoms with E-state index in [4.69, 9.17) is 0 Å². The Morgan fingerprint density at radius 3 is 2.21 bits per heavy atom. The molecule has 214 valence electrons. The quantitative estimate of drug-likeness (QED) is 0.449. The number of halogens is 3. The summed E-state index contributed by atoms with van der Waals surface area (Å²) in [6.45, 7) is 6.43. The minimum Gasteiger partial charge on any atom is -0.386 e. The standard InChI is InChI=1S/C24H34F3N3O5S3/c1-18(2)14-29(37(32,33)17-24(25,26)27)16-21-15-28(38(34,35)22-6-5-13-36-22)11-12-30(21)20-9-7-19(8-10-20)23(3,4)31/h5-10,13,18,21,31H,11-12,14-17H2,1-4H3/t21-/m1/s1. The average molecular weight is 598 g/mol. The first-order valence-electron chi connectivity index (χ1n) is 12.1. The number of hydrogen-bond acceptors (Lipinski definition) is 7. The highest BCUT2D eigenvalue weighted by molar-refractivity contribution is 7.91. The zero-order valence-electron chi connectivity index (χ0n) is 21.7. The van der Waals surface area contributed by atoms with Crippen molar-refractivity contribution in [2.45, 2.75) is 49.7 Å². The number of benzene rings is 1. The summed E-state index contributed by atoms with van der Waals surface area (Å²) in [6.07, 6.45) is -4.91. The second-order valence-corrected chi connectivity index (χ2v) is 15.4. The Balaban J connectivity index is 1.99. The highest BCUT2D eigenvalue weighted by Gasteiger charge is 2.42. The van der Waals surface area contributed by atoms with E-state index in [1.54, 1.807) is 63.4 Å². The predicted octanol–water partition coefficient (Wildman–Crippen LogP) is 3.71. The Morgan fingerprint density at radius 1 is 1.08 bits per heavy atom. The van der Waals surface area contributed by atoms with Gasteiger partial charge in [-0.15, -0.1) is 11.3 Å². The summed E-state index contributed by atoms with van der Waals surface area (Å²) < 4.78 is 93.9. The van der Waals surface area contributed by atoms with Crippen molar-refractivity contribution in [1.82, 2.24) is 8.61 Å². The molecule has 1 N–H and O–H groups in total. The van der Waals surface area contributed by atoms with E-state index >= 15 is 0 Å². The molecule has 0 unspecified atom stereocenters. The molecule has 2 heterocycles. The van der Waals surface area contributed by atoms with E-state index in [2.05, 4.69) is 0 Å². The lowest BCUT2D eigenvalue weighted by Crippen LogP contribution is -2.59. The number of thiophene rings is 1. The van der Waals surface area contributed by atoms with Gasteiger partial charge < -0.3 is 10.0 Å². The average Bonchev–Trinajstić information content (AvgIpc) is 3.32. The van der Waals surface area contributed by atoms with Crippen molar-refractivity contribution in [3.05, 3.63) is 47.3 Å². The minimum atomic E-state index is -4.91. The van der Waals surface area contributed by atoms with E-state index in [0.717, 1.165) is 15.6 Å². The molecular formula is C24H34F3N3O5S3. The molecule has 0 aliphatic carbocycles. The van der Waals surface area contributed by atoms with Gasteiger partial charge in [-0.25, -0.2) is 16.8 Å². The lowest BCUT2D eigenvalue weighted by molar-refractivity contribution is -0.107. The first kappa shape index (κ1) is 30.8. The van der Waals surface area contributed by atoms with Gasteiger partial charge in [0.2, 0.25) is 10.0 Å². The fourth-order valence-corrected chi connectivity index (χ4v) is 8.52. The van der Waals surface area contributed by atoms with Crippen molar-refractivity contribution in [2.75, 3.05) is 43.4 Å². The van der Waals surface area contributed by atoms with Gasteiger partial charge in [0.15, 0.2) is 5.75 Å². The molecule has 0 amide bonds. The molecule has 1 atom stereocenters. The minimum absolute atomic E-state index is 0.108. The van der Waals surface area contributed by atoms with Gasteiger partial charge >= 0.3 is 6.18 Å². The van der Waals surface area contributed by atoms with Gasteiger partial charge in [0.25, 0.3) is 10.0 Å². The van der Waals surface area contributed by atoms with Crippen molar-refractivity contribution in [2.24, 2.45) is 5.92 Å². The predicted molar refractivity (Wildman–Crippen MR) is 142 cm³/mol. The Morgan fingerprint density at radius 2 is 1.71 bits per heavy atom. The van der Waals surface area contributed by atoms with Crippen LogP contribution in [0.2, 0.25) is 0 Å². The summed E-state index contributed by atoms with van der Waals surface area (Å²) in [5.41, 5.74) is 0.199. The topological polar surface area (TPSA) is 98.2 Å². The van der Waals surface area contributed by atoms with Gasteiger partial charge in [-0.3, -0.25) is 0 Å². The third-order valence-electron chi connectivity index (χ3n) is 6.16. The van der Waals surface area contributed by atoms with Crippen LogP contribution in [0.25, 0.3) is 0 Å². The lowest BCUT2D eigenvalue weighted by atomic mass is 9.98. The summed E-state index contributed by atoms with van der Waals surface area (Å²) in [5, 5.41) is 11.9. The number of hydrogen-bond donors (Lipinski definition) is 1. The van der Waals surface area contributed by atoms with Crippen molar-refractivity contribution < 1.29 is 35.1 Å². The maximum Gasteiger partial charge on any atom is 0.404 e. The van der Waals surface area contributed by atoms with E-state index in [9.17, 15) is 35.1 Å². The van der Waals surface area contributed by atoms with Crippen LogP contribution in [0.4, 0.5) is 18.9 Å². The molecule has 2 aromatic rings. The molecule has 0 bridgehead atoms. The zero-order valence-corrected chi connectivity index (χ0v) is 24.2. The molecule has 1 aliphatic heterocycles. The van der Waals surface area contributed by atoms with Crippen molar-refractivity contribution in [3.8, 4) is 0 Å². The van der Waals surface area contributed by atoms with E-state index in [0.29, 0.717) is 11.3 Å². The normalized spacial score (nSPS) is 18.5. The second kappa shape index (κ2) is 11.4. The SMILES string of the molecule is CC(C)CN(C[C@H]1CN(S(=O)(=O)c2cccs2)CCN1c1ccc(C(C)(C)O)cc1)S(=O)(=O)CC(F)(F)F. The van der Waals surface area contributed by atoms with Crippen LogP contribution in [0.3, 0.4) is 0 Å². The number of alkyl halides is 3. The van der Waals surface area contributed by atoms with Gasteiger partial charge in [-0.05, 0) is 48.9 Å². The summed E-state index contributed by atoms with van der Waals surface area (Å²) in [4.78, 5) is 1.82. The first-order chi connectivity index (χ1) is 17.4. The highest BCUT2D eigenvalue weighted by atomic mass is 32.2. The molecule has 0 radical (unpaired) electrons.